The molecule has 0 spiro atoms. The lowest BCUT2D eigenvalue weighted by Gasteiger charge is -2.19. The summed E-state index contributed by atoms with van der Waals surface area (Å²) < 4.78 is 5.28. The van der Waals surface area contributed by atoms with Crippen molar-refractivity contribution in [1.29, 1.82) is 0 Å². The number of nitrogens with one attached hydrogen (secondary N) is 2. The van der Waals surface area contributed by atoms with Crippen LogP contribution in [0.25, 0.3) is 0 Å². The summed E-state index contributed by atoms with van der Waals surface area (Å²) in [6.45, 7) is 6.72. The number of nitrogens with zero attached hydrogens (tertiary/aromatic N) is 1. The minimum Gasteiger partial charge on any atom is -0.379 e. The smallest absolute Gasteiger partial charge is 0.227 e. The Morgan fingerprint density at radius 2 is 1.95 bits per heavy atom. The highest BCUT2D eigenvalue weighted by molar-refractivity contribution is 5.81. The molecule has 0 aromatic rings. The summed E-state index contributed by atoms with van der Waals surface area (Å²) in [6.07, 6.45) is 0.352. The molecular formula is C13H25N3O3. The number of hydrogen-bond acceptors (Lipinski definition) is 4. The first kappa shape index (κ1) is 15.9. The summed E-state index contributed by atoms with van der Waals surface area (Å²) in [5, 5.41) is 5.89. The van der Waals surface area contributed by atoms with E-state index in [1.54, 1.807) is 4.90 Å². The van der Waals surface area contributed by atoms with E-state index in [4.69, 9.17) is 4.74 Å². The maximum Gasteiger partial charge on any atom is 0.227 e. The first-order chi connectivity index (χ1) is 9.13. The number of ether oxygens (including phenoxy) is 1. The van der Waals surface area contributed by atoms with Gasteiger partial charge in [-0.3, -0.25) is 9.59 Å². The second-order valence-electron chi connectivity index (χ2n) is 4.65. The van der Waals surface area contributed by atoms with Crippen molar-refractivity contribution >= 4 is 11.8 Å². The second-order valence-corrected chi connectivity index (χ2v) is 4.65. The van der Waals surface area contributed by atoms with Crippen molar-refractivity contribution in [2.45, 2.75) is 26.3 Å². The molecule has 1 saturated heterocycles. The van der Waals surface area contributed by atoms with Crippen molar-refractivity contribution in [3.8, 4) is 0 Å². The first-order valence-electron chi connectivity index (χ1n) is 6.94. The molecule has 110 valence electrons. The van der Waals surface area contributed by atoms with Crippen LogP contribution in [0.5, 0.6) is 0 Å². The van der Waals surface area contributed by atoms with Crippen molar-refractivity contribution in [2.24, 2.45) is 5.92 Å². The van der Waals surface area contributed by atoms with Gasteiger partial charge in [0, 0.05) is 32.1 Å². The Bertz CT molecular complexity index is 306. The molecule has 2 amide bonds. The summed E-state index contributed by atoms with van der Waals surface area (Å²) in [5.74, 6) is -0.115. The zero-order valence-electron chi connectivity index (χ0n) is 12.1. The molecular weight excluding hydrogens is 246 g/mol. The zero-order valence-corrected chi connectivity index (χ0v) is 12.1. The molecule has 1 aliphatic rings. The number of hydrogen-bond donors (Lipinski definition) is 2. The third-order valence-corrected chi connectivity index (χ3v) is 3.54. The van der Waals surface area contributed by atoms with Crippen LogP contribution in [-0.2, 0) is 14.3 Å². The Morgan fingerprint density at radius 1 is 1.26 bits per heavy atom. The molecule has 0 bridgehead atoms. The molecule has 1 aliphatic heterocycles. The second kappa shape index (κ2) is 8.12. The van der Waals surface area contributed by atoms with Gasteiger partial charge in [0.1, 0.15) is 0 Å². The Balaban J connectivity index is 2.29. The number of likely N-dealkylation sites (N-methyl/N-ethyl adjacent to an activating group) is 1. The fraction of sp³-hybridized carbons (Fsp3) is 0.846. The number of carbonyl (C=O) groups is 2. The van der Waals surface area contributed by atoms with E-state index in [9.17, 15) is 9.59 Å². The molecule has 0 aliphatic carbocycles. The van der Waals surface area contributed by atoms with Crippen LogP contribution >= 0.6 is 0 Å². The minimum absolute atomic E-state index is 0.0378. The van der Waals surface area contributed by atoms with Crippen molar-refractivity contribution in [1.82, 2.24) is 15.5 Å². The van der Waals surface area contributed by atoms with Gasteiger partial charge in [0.2, 0.25) is 11.8 Å². The summed E-state index contributed by atoms with van der Waals surface area (Å²) >= 11 is 0. The summed E-state index contributed by atoms with van der Waals surface area (Å²) in [4.78, 5) is 25.5. The van der Waals surface area contributed by atoms with Gasteiger partial charge in [-0.2, -0.15) is 0 Å². The molecule has 1 fully saturated rings. The molecule has 0 aromatic heterocycles. The normalized spacial score (nSPS) is 22.3. The predicted octanol–water partition coefficient (Wildman–Crippen LogP) is -0.404. The topological polar surface area (TPSA) is 70.7 Å². The van der Waals surface area contributed by atoms with Gasteiger partial charge in [-0.1, -0.05) is 0 Å². The van der Waals surface area contributed by atoms with Gasteiger partial charge >= 0.3 is 0 Å². The third-order valence-electron chi connectivity index (χ3n) is 3.54. The molecule has 2 atom stereocenters. The fourth-order valence-electron chi connectivity index (χ4n) is 2.26. The Morgan fingerprint density at radius 3 is 2.53 bits per heavy atom. The van der Waals surface area contributed by atoms with E-state index < -0.39 is 0 Å². The zero-order chi connectivity index (χ0) is 14.3. The summed E-state index contributed by atoms with van der Waals surface area (Å²) in [7, 11) is 1.82. The van der Waals surface area contributed by atoms with E-state index >= 15 is 0 Å². The molecule has 1 rings (SSSR count). The Hall–Kier alpha value is -1.14. The van der Waals surface area contributed by atoms with Gasteiger partial charge in [-0.25, -0.2) is 0 Å². The van der Waals surface area contributed by atoms with Gasteiger partial charge in [0.25, 0.3) is 0 Å². The molecule has 2 unspecified atom stereocenters. The van der Waals surface area contributed by atoms with Crippen molar-refractivity contribution in [3.05, 3.63) is 0 Å². The van der Waals surface area contributed by atoms with E-state index in [0.717, 1.165) is 0 Å². The fourth-order valence-corrected chi connectivity index (χ4v) is 2.26. The molecule has 0 saturated carbocycles. The van der Waals surface area contributed by atoms with Crippen LogP contribution in [0.3, 0.4) is 0 Å². The highest BCUT2D eigenvalue weighted by Crippen LogP contribution is 2.13. The van der Waals surface area contributed by atoms with Gasteiger partial charge in [-0.15, -0.1) is 0 Å². The molecule has 6 nitrogen and oxygen atoms in total. The third kappa shape index (κ3) is 4.47. The van der Waals surface area contributed by atoms with E-state index in [2.05, 4.69) is 10.6 Å². The van der Waals surface area contributed by atoms with E-state index in [0.29, 0.717) is 39.3 Å². The van der Waals surface area contributed by atoms with Crippen LogP contribution in [0, 0.1) is 5.92 Å². The number of carbonyl (C=O) groups excluding carboxylic acids is 2. The maximum absolute atomic E-state index is 11.9. The van der Waals surface area contributed by atoms with Crippen LogP contribution in [0.1, 0.15) is 20.3 Å². The molecule has 0 aromatic carbocycles. The lowest BCUT2D eigenvalue weighted by molar-refractivity contribution is -0.131. The van der Waals surface area contributed by atoms with Crippen LogP contribution in [0.15, 0.2) is 0 Å². The predicted molar refractivity (Wildman–Crippen MR) is 72.7 cm³/mol. The van der Waals surface area contributed by atoms with Crippen molar-refractivity contribution < 1.29 is 14.3 Å². The van der Waals surface area contributed by atoms with Crippen molar-refractivity contribution in [3.63, 3.8) is 0 Å². The van der Waals surface area contributed by atoms with Crippen LogP contribution in [0.4, 0.5) is 0 Å². The molecule has 0 radical (unpaired) electrons. The summed E-state index contributed by atoms with van der Waals surface area (Å²) in [6, 6.07) is 0.0680. The van der Waals surface area contributed by atoms with Gasteiger partial charge < -0.3 is 20.3 Å². The average molecular weight is 271 g/mol. The van der Waals surface area contributed by atoms with Gasteiger partial charge in [-0.05, 0) is 20.9 Å². The number of rotatable bonds is 7. The van der Waals surface area contributed by atoms with E-state index in [1.807, 2.05) is 20.9 Å². The highest BCUT2D eigenvalue weighted by Gasteiger charge is 2.32. The monoisotopic (exact) mass is 271 g/mol. The van der Waals surface area contributed by atoms with Crippen LogP contribution in [-0.4, -0.2) is 62.7 Å². The SMILES string of the molecule is CCN(CC)C(=O)CCNC(=O)C1COCC1NC. The molecule has 19 heavy (non-hydrogen) atoms. The molecule has 1 heterocycles. The first-order valence-corrected chi connectivity index (χ1v) is 6.94. The van der Waals surface area contributed by atoms with Gasteiger partial charge in [0.05, 0.1) is 19.1 Å². The van der Waals surface area contributed by atoms with Gasteiger partial charge in [0.15, 0.2) is 0 Å². The Kier molecular flexibility index (Phi) is 6.80. The summed E-state index contributed by atoms with van der Waals surface area (Å²) in [5.41, 5.74) is 0. The lowest BCUT2D eigenvalue weighted by atomic mass is 10.0. The molecule has 6 heteroatoms. The van der Waals surface area contributed by atoms with Crippen molar-refractivity contribution in [2.75, 3.05) is 39.9 Å². The lowest BCUT2D eigenvalue weighted by Crippen LogP contribution is -2.43. The highest BCUT2D eigenvalue weighted by atomic mass is 16.5. The quantitative estimate of drug-likeness (QED) is 0.661. The number of amides is 2. The van der Waals surface area contributed by atoms with Crippen LogP contribution in [0.2, 0.25) is 0 Å². The Labute approximate surface area is 114 Å². The molecule has 2 N–H and O–H groups in total. The average Bonchev–Trinajstić information content (AvgIpc) is 2.88. The van der Waals surface area contributed by atoms with E-state index in [-0.39, 0.29) is 23.8 Å². The van der Waals surface area contributed by atoms with E-state index in [1.165, 1.54) is 0 Å². The standard InChI is InChI=1S/C13H25N3O3/c1-4-16(5-2)12(17)6-7-15-13(18)10-8-19-9-11(10)14-3/h10-11,14H,4-9H2,1-3H3,(H,15,18). The van der Waals surface area contributed by atoms with Crippen LogP contribution < -0.4 is 10.6 Å². The minimum atomic E-state index is -0.159. The largest absolute Gasteiger partial charge is 0.379 e. The maximum atomic E-state index is 11.9.